The van der Waals surface area contributed by atoms with Crippen molar-refractivity contribution in [1.82, 2.24) is 4.98 Å². The van der Waals surface area contributed by atoms with Gasteiger partial charge in [0.2, 0.25) is 0 Å². The first kappa shape index (κ1) is 14.0. The molecule has 1 aliphatic rings. The molecule has 1 aliphatic carbocycles. The molecule has 0 saturated heterocycles. The quantitative estimate of drug-likeness (QED) is 0.850. The lowest BCUT2D eigenvalue weighted by Gasteiger charge is -2.23. The Morgan fingerprint density at radius 2 is 2.19 bits per heavy atom. The number of halogens is 1. The number of nitriles is 1. The molecule has 0 aliphatic heterocycles. The molecule has 0 radical (unpaired) electrons. The molecule has 6 heteroatoms. The number of nitrogens with zero attached hydrogens (tertiary/aromatic N) is 1. The van der Waals surface area contributed by atoms with Gasteiger partial charge in [0.15, 0.2) is 10.7 Å². The number of nitrogens with one attached hydrogen (secondary N) is 2. The highest BCUT2D eigenvalue weighted by molar-refractivity contribution is 7.92. The van der Waals surface area contributed by atoms with E-state index in [1.165, 1.54) is 18.6 Å². The van der Waals surface area contributed by atoms with Crippen LogP contribution in [0.5, 0.6) is 0 Å². The van der Waals surface area contributed by atoms with Gasteiger partial charge in [0.05, 0.1) is 17.8 Å². The van der Waals surface area contributed by atoms with E-state index < -0.39 is 17.2 Å². The van der Waals surface area contributed by atoms with Crippen LogP contribution in [0, 0.1) is 17.1 Å². The van der Waals surface area contributed by atoms with Crippen molar-refractivity contribution in [3.05, 3.63) is 47.5 Å². The third-order valence-corrected chi connectivity index (χ3v) is 4.81. The Morgan fingerprint density at radius 3 is 2.81 bits per heavy atom. The van der Waals surface area contributed by atoms with Crippen molar-refractivity contribution >= 4 is 17.0 Å². The highest BCUT2D eigenvalue weighted by Gasteiger charge is 2.24. The Balaban J connectivity index is 1.72. The lowest BCUT2D eigenvalue weighted by Crippen LogP contribution is -2.13. The zero-order chi connectivity index (χ0) is 14.8. The van der Waals surface area contributed by atoms with Crippen molar-refractivity contribution in [3.63, 3.8) is 0 Å². The van der Waals surface area contributed by atoms with E-state index in [1.807, 2.05) is 12.1 Å². The van der Waals surface area contributed by atoms with Gasteiger partial charge < -0.3 is 9.54 Å². The average Bonchev–Trinajstić information content (AvgIpc) is 2.88. The molecule has 1 atom stereocenters. The minimum atomic E-state index is -1.53. The molecule has 1 saturated carbocycles. The maximum Gasteiger partial charge on any atom is 0.197 e. The number of aromatic nitrogens is 1. The van der Waals surface area contributed by atoms with Crippen LogP contribution in [-0.4, -0.2) is 9.54 Å². The molecule has 2 aromatic rings. The summed E-state index contributed by atoms with van der Waals surface area (Å²) >= 11 is -1.53. The fraction of sp³-hybridized carbons (Fsp3) is 0.267. The highest BCUT2D eigenvalue weighted by Crippen LogP contribution is 2.36. The SMILES string of the molecule is N#Cc1ccc(N[S+]([O-])c2c[nH]c(C3CCC3)c2)c(F)c1. The molecule has 1 unspecified atom stereocenters. The zero-order valence-electron chi connectivity index (χ0n) is 11.2. The van der Waals surface area contributed by atoms with Crippen LogP contribution in [0.1, 0.15) is 36.4 Å². The Hall–Kier alpha value is -1.97. The van der Waals surface area contributed by atoms with Gasteiger partial charge in [-0.1, -0.05) is 6.42 Å². The van der Waals surface area contributed by atoms with Crippen LogP contribution in [0.2, 0.25) is 0 Å². The molecule has 108 valence electrons. The summed E-state index contributed by atoms with van der Waals surface area (Å²) in [5.74, 6) is -0.0560. The Kier molecular flexibility index (Phi) is 3.86. The van der Waals surface area contributed by atoms with Gasteiger partial charge in [-0.15, -0.1) is 0 Å². The van der Waals surface area contributed by atoms with Crippen LogP contribution < -0.4 is 4.72 Å². The van der Waals surface area contributed by atoms with Crippen molar-refractivity contribution in [1.29, 1.82) is 5.26 Å². The third-order valence-electron chi connectivity index (χ3n) is 3.74. The summed E-state index contributed by atoms with van der Waals surface area (Å²) in [6.07, 6.45) is 5.24. The van der Waals surface area contributed by atoms with Gasteiger partial charge in [0.25, 0.3) is 0 Å². The Bertz CT molecular complexity index is 690. The molecule has 3 rings (SSSR count). The van der Waals surface area contributed by atoms with Crippen LogP contribution >= 0.6 is 0 Å². The summed E-state index contributed by atoms with van der Waals surface area (Å²) in [6, 6.07) is 7.76. The van der Waals surface area contributed by atoms with Crippen molar-refractivity contribution in [2.45, 2.75) is 30.1 Å². The van der Waals surface area contributed by atoms with Crippen molar-refractivity contribution in [2.24, 2.45) is 0 Å². The fourth-order valence-electron chi connectivity index (χ4n) is 2.28. The number of benzene rings is 1. The predicted octanol–water partition coefficient (Wildman–Crippen LogP) is 3.43. The topological polar surface area (TPSA) is 74.7 Å². The van der Waals surface area contributed by atoms with E-state index in [-0.39, 0.29) is 11.3 Å². The van der Waals surface area contributed by atoms with Crippen LogP contribution in [0.4, 0.5) is 10.1 Å². The first-order valence-electron chi connectivity index (χ1n) is 6.74. The van der Waals surface area contributed by atoms with Crippen LogP contribution in [-0.2, 0) is 11.4 Å². The number of rotatable bonds is 4. The molecule has 4 nitrogen and oxygen atoms in total. The Labute approximate surface area is 125 Å². The number of H-pyrrole nitrogens is 1. The maximum absolute atomic E-state index is 13.8. The summed E-state index contributed by atoms with van der Waals surface area (Å²) in [5, 5.41) is 8.70. The summed E-state index contributed by atoms with van der Waals surface area (Å²) in [5.41, 5.74) is 1.45. The van der Waals surface area contributed by atoms with Gasteiger partial charge >= 0.3 is 0 Å². The first-order valence-corrected chi connectivity index (χ1v) is 7.89. The second-order valence-corrected chi connectivity index (χ2v) is 6.31. The number of aromatic amines is 1. The number of anilines is 1. The normalized spacial score (nSPS) is 16.0. The lowest BCUT2D eigenvalue weighted by molar-refractivity contribution is 0.412. The largest absolute Gasteiger partial charge is 0.588 e. The summed E-state index contributed by atoms with van der Waals surface area (Å²) in [7, 11) is 0. The highest BCUT2D eigenvalue weighted by atomic mass is 32.2. The second kappa shape index (κ2) is 5.80. The minimum Gasteiger partial charge on any atom is -0.588 e. The van der Waals surface area contributed by atoms with E-state index in [2.05, 4.69) is 9.71 Å². The smallest absolute Gasteiger partial charge is 0.197 e. The summed E-state index contributed by atoms with van der Waals surface area (Å²) < 4.78 is 28.6. The third kappa shape index (κ3) is 2.89. The van der Waals surface area contributed by atoms with Crippen molar-refractivity contribution in [3.8, 4) is 6.07 Å². The minimum absolute atomic E-state index is 0.124. The van der Waals surface area contributed by atoms with Crippen LogP contribution in [0.25, 0.3) is 0 Å². The lowest BCUT2D eigenvalue weighted by atomic mass is 9.83. The second-order valence-electron chi connectivity index (χ2n) is 5.10. The van der Waals surface area contributed by atoms with Gasteiger partial charge in [-0.2, -0.15) is 5.26 Å². The zero-order valence-corrected chi connectivity index (χ0v) is 12.0. The van der Waals surface area contributed by atoms with Gasteiger partial charge in [0.1, 0.15) is 17.0 Å². The van der Waals surface area contributed by atoms with E-state index in [9.17, 15) is 8.94 Å². The van der Waals surface area contributed by atoms with Gasteiger partial charge in [-0.25, -0.2) is 9.11 Å². The molecule has 0 amide bonds. The van der Waals surface area contributed by atoms with E-state index in [4.69, 9.17) is 5.26 Å². The van der Waals surface area contributed by atoms with E-state index >= 15 is 0 Å². The molecule has 1 aromatic carbocycles. The molecule has 1 heterocycles. The molecule has 1 fully saturated rings. The predicted molar refractivity (Wildman–Crippen MR) is 78.5 cm³/mol. The summed E-state index contributed by atoms with van der Waals surface area (Å²) in [4.78, 5) is 3.74. The molecule has 2 N–H and O–H groups in total. The van der Waals surface area contributed by atoms with Crippen LogP contribution in [0.3, 0.4) is 0 Å². The van der Waals surface area contributed by atoms with Gasteiger partial charge in [-0.3, -0.25) is 0 Å². The monoisotopic (exact) mass is 303 g/mol. The standard InChI is InChI=1S/C15H14FN3OS/c16-13-6-10(8-17)4-5-14(13)19-21(20)12-7-15(18-9-12)11-2-1-3-11/h4-7,9,11,18-19H,1-3H2. The Morgan fingerprint density at radius 1 is 1.38 bits per heavy atom. The van der Waals surface area contributed by atoms with E-state index in [0.29, 0.717) is 10.8 Å². The molecule has 21 heavy (non-hydrogen) atoms. The number of hydrogen-bond acceptors (Lipinski definition) is 3. The van der Waals surface area contributed by atoms with Crippen molar-refractivity contribution in [2.75, 3.05) is 4.72 Å². The van der Waals surface area contributed by atoms with Gasteiger partial charge in [0, 0.05) is 11.8 Å². The van der Waals surface area contributed by atoms with Gasteiger partial charge in [-0.05, 0) is 37.0 Å². The van der Waals surface area contributed by atoms with Crippen LogP contribution in [0.15, 0.2) is 35.4 Å². The summed E-state index contributed by atoms with van der Waals surface area (Å²) in [6.45, 7) is 0. The first-order chi connectivity index (χ1) is 10.2. The van der Waals surface area contributed by atoms with E-state index in [0.717, 1.165) is 24.6 Å². The maximum atomic E-state index is 13.8. The van der Waals surface area contributed by atoms with Crippen molar-refractivity contribution < 1.29 is 8.94 Å². The van der Waals surface area contributed by atoms with E-state index in [1.54, 1.807) is 6.20 Å². The molecule has 1 aromatic heterocycles. The molecular weight excluding hydrogens is 289 g/mol. The average molecular weight is 303 g/mol. The molecule has 0 bridgehead atoms. The fourth-order valence-corrected chi connectivity index (χ4v) is 3.16. The molecule has 0 spiro atoms. The number of hydrogen-bond donors (Lipinski definition) is 2. The molecular formula is C15H14FN3OS.